The minimum Gasteiger partial charge on any atom is -0.382 e. The van der Waals surface area contributed by atoms with Gasteiger partial charge in [-0.2, -0.15) is 0 Å². The average molecular weight is 229 g/mol. The van der Waals surface area contributed by atoms with Gasteiger partial charge in [-0.1, -0.05) is 30.3 Å². The molecule has 0 bridgehead atoms. The summed E-state index contributed by atoms with van der Waals surface area (Å²) in [5, 5.41) is 10.2. The van der Waals surface area contributed by atoms with Crippen LogP contribution in [0, 0.1) is 0 Å². The molecule has 17 heavy (non-hydrogen) atoms. The van der Waals surface area contributed by atoms with Crippen LogP contribution in [0.1, 0.15) is 22.9 Å². The molecule has 88 valence electrons. The van der Waals surface area contributed by atoms with Crippen molar-refractivity contribution >= 4 is 0 Å². The summed E-state index contributed by atoms with van der Waals surface area (Å²) in [5.74, 6) is 0. The summed E-state index contributed by atoms with van der Waals surface area (Å²) in [7, 11) is 1.65. The summed E-state index contributed by atoms with van der Waals surface area (Å²) < 4.78 is 5.07. The Morgan fingerprint density at radius 3 is 2.82 bits per heavy atom. The smallest absolute Gasteiger partial charge is 0.121 e. The van der Waals surface area contributed by atoms with E-state index in [0.29, 0.717) is 12.3 Å². The molecule has 1 aromatic heterocycles. The molecule has 0 aliphatic carbocycles. The zero-order valence-corrected chi connectivity index (χ0v) is 9.71. The van der Waals surface area contributed by atoms with Crippen molar-refractivity contribution in [1.82, 2.24) is 4.98 Å². The lowest BCUT2D eigenvalue weighted by Crippen LogP contribution is -2.02. The van der Waals surface area contributed by atoms with Crippen molar-refractivity contribution in [3.8, 4) is 0 Å². The second kappa shape index (κ2) is 5.57. The molecule has 1 N–H and O–H groups in total. The maximum absolute atomic E-state index is 10.2. The highest BCUT2D eigenvalue weighted by Crippen LogP contribution is 2.20. The van der Waals surface area contributed by atoms with Crippen LogP contribution in [-0.4, -0.2) is 17.2 Å². The molecule has 0 radical (unpaired) electrons. The summed E-state index contributed by atoms with van der Waals surface area (Å²) >= 11 is 0. The number of aliphatic hydroxyl groups excluding tert-OH is 1. The zero-order chi connectivity index (χ0) is 12.1. The largest absolute Gasteiger partial charge is 0.382 e. The predicted octanol–water partition coefficient (Wildman–Crippen LogP) is 2.31. The number of pyridine rings is 1. The fourth-order valence-electron chi connectivity index (χ4n) is 1.73. The maximum Gasteiger partial charge on any atom is 0.121 e. The van der Waals surface area contributed by atoms with E-state index < -0.39 is 6.10 Å². The Labute approximate surface area is 101 Å². The molecule has 1 heterocycles. The predicted molar refractivity (Wildman–Crippen MR) is 65.5 cm³/mol. The number of hydrogen-bond acceptors (Lipinski definition) is 3. The van der Waals surface area contributed by atoms with Crippen molar-refractivity contribution in [1.29, 1.82) is 0 Å². The number of hydrogen-bond donors (Lipinski definition) is 1. The van der Waals surface area contributed by atoms with Crippen LogP contribution in [0.5, 0.6) is 0 Å². The Morgan fingerprint density at radius 1 is 1.24 bits per heavy atom. The highest BCUT2D eigenvalue weighted by atomic mass is 16.5. The highest BCUT2D eigenvalue weighted by Gasteiger charge is 2.11. The summed E-state index contributed by atoms with van der Waals surface area (Å²) in [4.78, 5) is 4.15. The molecule has 1 atom stereocenters. The molecule has 0 saturated heterocycles. The minimum atomic E-state index is -0.687. The van der Waals surface area contributed by atoms with Crippen LogP contribution in [0.3, 0.4) is 0 Å². The standard InChI is InChI=1S/C14H15NO2/c1-17-10-11-5-4-6-12(9-11)14(16)13-7-2-3-8-15-13/h2-9,14,16H,10H2,1H3. The lowest BCUT2D eigenvalue weighted by atomic mass is 10.0. The van der Waals surface area contributed by atoms with Crippen LogP contribution in [-0.2, 0) is 11.3 Å². The SMILES string of the molecule is COCc1cccc(C(O)c2ccccn2)c1. The quantitative estimate of drug-likeness (QED) is 0.874. The van der Waals surface area contributed by atoms with E-state index in [2.05, 4.69) is 4.98 Å². The molecule has 0 amide bonds. The number of methoxy groups -OCH3 is 1. The van der Waals surface area contributed by atoms with Gasteiger partial charge in [-0.25, -0.2) is 0 Å². The lowest BCUT2D eigenvalue weighted by Gasteiger charge is -2.11. The van der Waals surface area contributed by atoms with E-state index in [1.807, 2.05) is 42.5 Å². The fraction of sp³-hybridized carbons (Fsp3) is 0.214. The first-order valence-electron chi connectivity index (χ1n) is 5.48. The van der Waals surface area contributed by atoms with Gasteiger partial charge < -0.3 is 9.84 Å². The van der Waals surface area contributed by atoms with Gasteiger partial charge in [0, 0.05) is 13.3 Å². The molecule has 0 aliphatic rings. The van der Waals surface area contributed by atoms with Crippen LogP contribution in [0.25, 0.3) is 0 Å². The third kappa shape index (κ3) is 2.90. The molecule has 1 unspecified atom stereocenters. The number of benzene rings is 1. The fourth-order valence-corrected chi connectivity index (χ4v) is 1.73. The Morgan fingerprint density at radius 2 is 2.12 bits per heavy atom. The van der Waals surface area contributed by atoms with Crippen molar-refractivity contribution in [2.45, 2.75) is 12.7 Å². The number of ether oxygens (including phenoxy) is 1. The summed E-state index contributed by atoms with van der Waals surface area (Å²) in [6.45, 7) is 0.544. The third-order valence-corrected chi connectivity index (χ3v) is 2.55. The second-order valence-corrected chi connectivity index (χ2v) is 3.84. The summed E-state index contributed by atoms with van der Waals surface area (Å²) in [5.41, 5.74) is 2.53. The molecule has 0 spiro atoms. The van der Waals surface area contributed by atoms with Gasteiger partial charge >= 0.3 is 0 Å². The third-order valence-electron chi connectivity index (χ3n) is 2.55. The topological polar surface area (TPSA) is 42.4 Å². The van der Waals surface area contributed by atoms with Crippen LogP contribution in [0.2, 0.25) is 0 Å². The Hall–Kier alpha value is -1.71. The molecule has 2 aromatic rings. The zero-order valence-electron chi connectivity index (χ0n) is 9.71. The summed E-state index contributed by atoms with van der Waals surface area (Å²) in [6.07, 6.45) is 0.991. The van der Waals surface area contributed by atoms with Crippen molar-refractivity contribution in [2.75, 3.05) is 7.11 Å². The second-order valence-electron chi connectivity index (χ2n) is 3.84. The van der Waals surface area contributed by atoms with Gasteiger partial charge in [0.25, 0.3) is 0 Å². The number of nitrogens with zero attached hydrogens (tertiary/aromatic N) is 1. The van der Waals surface area contributed by atoms with E-state index in [1.165, 1.54) is 0 Å². The molecular weight excluding hydrogens is 214 g/mol. The summed E-state index contributed by atoms with van der Waals surface area (Å²) in [6, 6.07) is 13.2. The van der Waals surface area contributed by atoms with Crippen LogP contribution >= 0.6 is 0 Å². The van der Waals surface area contributed by atoms with E-state index in [4.69, 9.17) is 4.74 Å². The molecule has 2 rings (SSSR count). The van der Waals surface area contributed by atoms with Crippen molar-refractivity contribution < 1.29 is 9.84 Å². The number of aliphatic hydroxyl groups is 1. The van der Waals surface area contributed by atoms with Gasteiger partial charge in [0.1, 0.15) is 6.10 Å². The van der Waals surface area contributed by atoms with Crippen molar-refractivity contribution in [3.05, 3.63) is 65.5 Å². The van der Waals surface area contributed by atoms with E-state index in [9.17, 15) is 5.11 Å². The molecule has 0 fully saturated rings. The van der Waals surface area contributed by atoms with E-state index in [-0.39, 0.29) is 0 Å². The van der Waals surface area contributed by atoms with Gasteiger partial charge in [0.05, 0.1) is 12.3 Å². The molecule has 1 aromatic carbocycles. The van der Waals surface area contributed by atoms with E-state index >= 15 is 0 Å². The highest BCUT2D eigenvalue weighted by molar-refractivity contribution is 5.29. The van der Waals surface area contributed by atoms with E-state index in [0.717, 1.165) is 11.1 Å². The lowest BCUT2D eigenvalue weighted by molar-refractivity contribution is 0.184. The monoisotopic (exact) mass is 229 g/mol. The van der Waals surface area contributed by atoms with Crippen molar-refractivity contribution in [3.63, 3.8) is 0 Å². The Kier molecular flexibility index (Phi) is 3.85. The Bertz CT molecular complexity index is 471. The molecule has 0 saturated carbocycles. The number of rotatable bonds is 4. The van der Waals surface area contributed by atoms with E-state index in [1.54, 1.807) is 13.3 Å². The molecule has 3 heteroatoms. The van der Waals surface area contributed by atoms with Gasteiger partial charge in [0.2, 0.25) is 0 Å². The van der Waals surface area contributed by atoms with Crippen LogP contribution in [0.15, 0.2) is 48.7 Å². The van der Waals surface area contributed by atoms with Gasteiger partial charge in [-0.3, -0.25) is 4.98 Å². The first-order chi connectivity index (χ1) is 8.31. The van der Waals surface area contributed by atoms with Crippen LogP contribution in [0.4, 0.5) is 0 Å². The van der Waals surface area contributed by atoms with Crippen LogP contribution < -0.4 is 0 Å². The van der Waals surface area contributed by atoms with Crippen molar-refractivity contribution in [2.24, 2.45) is 0 Å². The Balaban J connectivity index is 2.25. The number of aromatic nitrogens is 1. The average Bonchev–Trinajstić information content (AvgIpc) is 2.40. The first kappa shape index (κ1) is 11.8. The molecule has 0 aliphatic heterocycles. The van der Waals surface area contributed by atoms with Gasteiger partial charge in [-0.05, 0) is 23.3 Å². The maximum atomic E-state index is 10.2. The van der Waals surface area contributed by atoms with Gasteiger partial charge in [0.15, 0.2) is 0 Å². The van der Waals surface area contributed by atoms with Gasteiger partial charge in [-0.15, -0.1) is 0 Å². The minimum absolute atomic E-state index is 0.544. The first-order valence-corrected chi connectivity index (χ1v) is 5.48. The molecule has 3 nitrogen and oxygen atoms in total. The molecular formula is C14H15NO2. The normalized spacial score (nSPS) is 12.4.